The van der Waals surface area contributed by atoms with Crippen LogP contribution < -0.4 is 0 Å². The summed E-state index contributed by atoms with van der Waals surface area (Å²) in [5, 5.41) is 2.49. The third-order valence-electron chi connectivity index (χ3n) is 4.01. The fourth-order valence-electron chi connectivity index (χ4n) is 2.82. The molecule has 0 fully saturated rings. The summed E-state index contributed by atoms with van der Waals surface area (Å²) in [6.07, 6.45) is 3.66. The molecule has 0 aliphatic rings. The highest BCUT2D eigenvalue weighted by Crippen LogP contribution is 2.29. The zero-order valence-corrected chi connectivity index (χ0v) is 14.0. The van der Waals surface area contributed by atoms with Crippen LogP contribution in [0.15, 0.2) is 89.7 Å². The zero-order chi connectivity index (χ0) is 15.6. The van der Waals surface area contributed by atoms with Crippen molar-refractivity contribution >= 4 is 26.7 Å². The molecule has 0 aliphatic carbocycles. The Kier molecular flexibility index (Phi) is 3.68. The molecule has 2 heteroatoms. The Morgan fingerprint density at radius 2 is 1.22 bits per heavy atom. The Labute approximate surface area is 143 Å². The van der Waals surface area contributed by atoms with Gasteiger partial charge in [0.1, 0.15) is 0 Å². The number of benzene rings is 3. The molecule has 1 nitrogen and oxygen atoms in total. The maximum absolute atomic E-state index is 4.09. The summed E-state index contributed by atoms with van der Waals surface area (Å²) < 4.78 is 1.11. The van der Waals surface area contributed by atoms with Crippen LogP contribution in [0.5, 0.6) is 0 Å². The predicted octanol–water partition coefficient (Wildman–Crippen LogP) is 6.33. The van der Waals surface area contributed by atoms with Crippen molar-refractivity contribution < 1.29 is 0 Å². The third kappa shape index (κ3) is 2.90. The Morgan fingerprint density at radius 1 is 0.565 bits per heavy atom. The summed E-state index contributed by atoms with van der Waals surface area (Å²) >= 11 is 3.53. The molecule has 0 saturated carbocycles. The standard InChI is InChI=1S/C21H14BrN/c22-21-7-6-19-13-18(4-5-20(19)14-21)17-3-1-2-16(12-17)15-8-10-23-11-9-15/h1-14H. The van der Waals surface area contributed by atoms with Gasteiger partial charge in [0, 0.05) is 16.9 Å². The van der Waals surface area contributed by atoms with Gasteiger partial charge in [0.15, 0.2) is 0 Å². The van der Waals surface area contributed by atoms with Crippen LogP contribution in [0, 0.1) is 0 Å². The lowest BCUT2D eigenvalue weighted by atomic mass is 9.98. The van der Waals surface area contributed by atoms with E-state index < -0.39 is 0 Å². The van der Waals surface area contributed by atoms with Gasteiger partial charge >= 0.3 is 0 Å². The summed E-state index contributed by atoms with van der Waals surface area (Å²) in [7, 11) is 0. The molecule has 0 saturated heterocycles. The minimum atomic E-state index is 1.11. The van der Waals surface area contributed by atoms with E-state index in [-0.39, 0.29) is 0 Å². The summed E-state index contributed by atoms with van der Waals surface area (Å²) in [6, 6.07) is 25.7. The molecule has 0 N–H and O–H groups in total. The van der Waals surface area contributed by atoms with Crippen LogP contribution in [0.2, 0.25) is 0 Å². The monoisotopic (exact) mass is 359 g/mol. The highest BCUT2D eigenvalue weighted by atomic mass is 79.9. The largest absolute Gasteiger partial charge is 0.265 e. The first-order valence-corrected chi connectivity index (χ1v) is 8.29. The van der Waals surface area contributed by atoms with Crippen LogP contribution in [0.4, 0.5) is 0 Å². The molecule has 4 rings (SSSR count). The molecule has 0 aliphatic heterocycles. The van der Waals surface area contributed by atoms with Crippen LogP contribution in [0.1, 0.15) is 0 Å². The average Bonchev–Trinajstić information content (AvgIpc) is 2.62. The number of hydrogen-bond donors (Lipinski definition) is 0. The summed E-state index contributed by atoms with van der Waals surface area (Å²) in [4.78, 5) is 4.09. The molecule has 4 aromatic rings. The fraction of sp³-hybridized carbons (Fsp3) is 0. The van der Waals surface area contributed by atoms with E-state index in [9.17, 15) is 0 Å². The molecule has 0 amide bonds. The second kappa shape index (κ2) is 5.98. The molecule has 3 aromatic carbocycles. The van der Waals surface area contributed by atoms with Gasteiger partial charge < -0.3 is 0 Å². The molecule has 0 unspecified atom stereocenters. The van der Waals surface area contributed by atoms with Crippen LogP contribution in [-0.4, -0.2) is 4.98 Å². The number of hydrogen-bond acceptors (Lipinski definition) is 1. The minimum absolute atomic E-state index is 1.11. The first kappa shape index (κ1) is 14.2. The minimum Gasteiger partial charge on any atom is -0.265 e. The molecule has 1 heterocycles. The average molecular weight is 360 g/mol. The maximum atomic E-state index is 4.09. The number of fused-ring (bicyclic) bond motifs is 1. The lowest BCUT2D eigenvalue weighted by molar-refractivity contribution is 1.33. The van der Waals surface area contributed by atoms with Crippen molar-refractivity contribution in [1.82, 2.24) is 4.98 Å². The number of halogens is 1. The van der Waals surface area contributed by atoms with Gasteiger partial charge in [0.2, 0.25) is 0 Å². The number of aromatic nitrogens is 1. The molecule has 1 aromatic heterocycles. The third-order valence-corrected chi connectivity index (χ3v) is 4.51. The van der Waals surface area contributed by atoms with Crippen molar-refractivity contribution in [2.24, 2.45) is 0 Å². The topological polar surface area (TPSA) is 12.9 Å². The van der Waals surface area contributed by atoms with E-state index in [1.165, 1.54) is 33.0 Å². The first-order valence-electron chi connectivity index (χ1n) is 7.50. The van der Waals surface area contributed by atoms with E-state index in [1.807, 2.05) is 24.5 Å². The van der Waals surface area contributed by atoms with Gasteiger partial charge in [0.25, 0.3) is 0 Å². The molecule has 0 spiro atoms. The van der Waals surface area contributed by atoms with Crippen molar-refractivity contribution in [1.29, 1.82) is 0 Å². The van der Waals surface area contributed by atoms with Gasteiger partial charge in [-0.05, 0) is 69.4 Å². The zero-order valence-electron chi connectivity index (χ0n) is 12.4. The molecule has 23 heavy (non-hydrogen) atoms. The predicted molar refractivity (Wildman–Crippen MR) is 100 cm³/mol. The van der Waals surface area contributed by atoms with Gasteiger partial charge in [-0.15, -0.1) is 0 Å². The van der Waals surface area contributed by atoms with Crippen molar-refractivity contribution in [3.63, 3.8) is 0 Å². The number of nitrogens with zero attached hydrogens (tertiary/aromatic N) is 1. The molecule has 0 atom stereocenters. The van der Waals surface area contributed by atoms with E-state index in [2.05, 4.69) is 81.6 Å². The van der Waals surface area contributed by atoms with Crippen LogP contribution in [-0.2, 0) is 0 Å². The molecule has 0 bridgehead atoms. The summed E-state index contributed by atoms with van der Waals surface area (Å²) in [5.41, 5.74) is 4.85. The first-order chi connectivity index (χ1) is 11.3. The Balaban J connectivity index is 1.80. The smallest absolute Gasteiger partial charge is 0.0273 e. The SMILES string of the molecule is Brc1ccc2cc(-c3cccc(-c4ccncc4)c3)ccc2c1. The van der Waals surface area contributed by atoms with Gasteiger partial charge in [0.05, 0.1) is 0 Å². The fourth-order valence-corrected chi connectivity index (χ4v) is 3.20. The van der Waals surface area contributed by atoms with E-state index in [4.69, 9.17) is 0 Å². The van der Waals surface area contributed by atoms with Crippen molar-refractivity contribution in [2.45, 2.75) is 0 Å². The summed E-state index contributed by atoms with van der Waals surface area (Å²) in [5.74, 6) is 0. The van der Waals surface area contributed by atoms with E-state index in [0.717, 1.165) is 4.47 Å². The van der Waals surface area contributed by atoms with Gasteiger partial charge in [-0.2, -0.15) is 0 Å². The normalized spacial score (nSPS) is 10.8. The number of pyridine rings is 1. The van der Waals surface area contributed by atoms with E-state index >= 15 is 0 Å². The number of rotatable bonds is 2. The highest BCUT2D eigenvalue weighted by Gasteiger charge is 2.03. The van der Waals surface area contributed by atoms with Crippen LogP contribution >= 0.6 is 15.9 Å². The highest BCUT2D eigenvalue weighted by molar-refractivity contribution is 9.10. The molecule has 0 radical (unpaired) electrons. The molecular weight excluding hydrogens is 346 g/mol. The quantitative estimate of drug-likeness (QED) is 0.407. The second-order valence-electron chi connectivity index (χ2n) is 5.52. The van der Waals surface area contributed by atoms with E-state index in [1.54, 1.807) is 0 Å². The second-order valence-corrected chi connectivity index (χ2v) is 6.44. The van der Waals surface area contributed by atoms with Gasteiger partial charge in [-0.1, -0.05) is 52.3 Å². The van der Waals surface area contributed by atoms with Gasteiger partial charge in [-0.3, -0.25) is 4.98 Å². The van der Waals surface area contributed by atoms with Crippen LogP contribution in [0.3, 0.4) is 0 Å². The lowest BCUT2D eigenvalue weighted by Gasteiger charge is -2.07. The maximum Gasteiger partial charge on any atom is 0.0273 e. The van der Waals surface area contributed by atoms with Crippen molar-refractivity contribution in [2.75, 3.05) is 0 Å². The van der Waals surface area contributed by atoms with Crippen LogP contribution in [0.25, 0.3) is 33.0 Å². The Morgan fingerprint density at radius 3 is 2.04 bits per heavy atom. The molecule has 110 valence electrons. The van der Waals surface area contributed by atoms with E-state index in [0.29, 0.717) is 0 Å². The molecular formula is C21H14BrN. The van der Waals surface area contributed by atoms with Crippen molar-refractivity contribution in [3.05, 3.63) is 89.7 Å². The lowest BCUT2D eigenvalue weighted by Crippen LogP contribution is -1.82. The summed E-state index contributed by atoms with van der Waals surface area (Å²) in [6.45, 7) is 0. The van der Waals surface area contributed by atoms with Gasteiger partial charge in [-0.25, -0.2) is 0 Å². The van der Waals surface area contributed by atoms with Crippen molar-refractivity contribution in [3.8, 4) is 22.3 Å². The Bertz CT molecular complexity index is 977. The Hall–Kier alpha value is -2.45.